The molecule has 0 aliphatic rings. The first kappa shape index (κ1) is 30.5. The maximum atomic E-state index is 6.28. The number of fused-ring (bicyclic) bond motifs is 8. The maximum absolute atomic E-state index is 6.28. The summed E-state index contributed by atoms with van der Waals surface area (Å²) in [6.07, 6.45) is 0. The fourth-order valence-corrected chi connectivity index (χ4v) is 7.49. The second kappa shape index (κ2) is 11.8. The van der Waals surface area contributed by atoms with E-state index in [0.29, 0.717) is 46.0 Å². The van der Waals surface area contributed by atoms with Crippen molar-refractivity contribution < 1.29 is 17.7 Å². The summed E-state index contributed by atoms with van der Waals surface area (Å²) in [6.45, 7) is 0. The smallest absolute Gasteiger partial charge is 0.227 e. The van der Waals surface area contributed by atoms with E-state index in [1.54, 1.807) is 0 Å². The number of aromatic nitrogens is 5. The van der Waals surface area contributed by atoms with Gasteiger partial charge in [0.05, 0.1) is 0 Å². The summed E-state index contributed by atoms with van der Waals surface area (Å²) in [7, 11) is 0. The highest BCUT2D eigenvalue weighted by atomic mass is 16.4. The first-order chi connectivity index (χ1) is 27.7. The molecule has 262 valence electrons. The van der Waals surface area contributed by atoms with Crippen LogP contribution in [0.15, 0.2) is 169 Å². The quantitative estimate of drug-likeness (QED) is 0.171. The average molecular weight is 724 g/mol. The lowest BCUT2D eigenvalue weighted by Crippen LogP contribution is -2.00. The lowest BCUT2D eigenvalue weighted by atomic mass is 10.0. The van der Waals surface area contributed by atoms with Gasteiger partial charge in [0.15, 0.2) is 28.6 Å². The van der Waals surface area contributed by atoms with Crippen LogP contribution in [0.25, 0.3) is 123 Å². The molecule has 7 aromatic carbocycles. The van der Waals surface area contributed by atoms with Crippen molar-refractivity contribution in [3.8, 4) is 57.1 Å². The van der Waals surface area contributed by atoms with Crippen molar-refractivity contribution >= 4 is 66.1 Å². The molecule has 56 heavy (non-hydrogen) atoms. The van der Waals surface area contributed by atoms with Crippen molar-refractivity contribution in [3.63, 3.8) is 0 Å². The van der Waals surface area contributed by atoms with Gasteiger partial charge in [-0.15, -0.1) is 0 Å². The van der Waals surface area contributed by atoms with Crippen LogP contribution in [0.1, 0.15) is 0 Å². The van der Waals surface area contributed by atoms with Gasteiger partial charge in [0.1, 0.15) is 33.4 Å². The summed E-state index contributed by atoms with van der Waals surface area (Å²) in [5.74, 6) is 2.37. The first-order valence-electron chi connectivity index (χ1n) is 18.1. The van der Waals surface area contributed by atoms with E-state index in [1.807, 2.05) is 127 Å². The fraction of sp³-hybridized carbons (Fsp3) is 0. The molecule has 0 N–H and O–H groups in total. The highest BCUT2D eigenvalue weighted by Crippen LogP contribution is 2.37. The normalized spacial score (nSPS) is 11.9. The van der Waals surface area contributed by atoms with Gasteiger partial charge >= 0.3 is 0 Å². The number of hydrogen-bond donors (Lipinski definition) is 0. The van der Waals surface area contributed by atoms with Gasteiger partial charge in [-0.2, -0.15) is 0 Å². The number of para-hydroxylation sites is 6. The van der Waals surface area contributed by atoms with E-state index in [0.717, 1.165) is 77.2 Å². The zero-order valence-corrected chi connectivity index (χ0v) is 29.3. The third kappa shape index (κ3) is 4.91. The molecular formula is C47H25N5O4. The number of hydrogen-bond acceptors (Lipinski definition) is 9. The zero-order chi connectivity index (χ0) is 36.7. The van der Waals surface area contributed by atoms with Crippen molar-refractivity contribution in [1.82, 2.24) is 24.9 Å². The van der Waals surface area contributed by atoms with E-state index in [1.165, 1.54) is 0 Å². The van der Waals surface area contributed by atoms with Crippen LogP contribution in [0.3, 0.4) is 0 Å². The molecule has 0 saturated carbocycles. The van der Waals surface area contributed by atoms with Crippen molar-refractivity contribution in [2.75, 3.05) is 0 Å². The third-order valence-electron chi connectivity index (χ3n) is 10.2. The molecule has 0 aliphatic carbocycles. The van der Waals surface area contributed by atoms with Gasteiger partial charge < -0.3 is 17.7 Å². The SMILES string of the molecule is c1ccc2oc(-c3cc(-c4nc(-c5ccc6oc7ccccc7c6c5)nc(-c5ccc6oc7ccccc7c6c5)n4)cc(-c4nc5ccccc5o4)c3)nc2c1. The number of furan rings is 2. The topological polar surface area (TPSA) is 117 Å². The molecule has 0 fully saturated rings. The van der Waals surface area contributed by atoms with Crippen LogP contribution in [0.2, 0.25) is 0 Å². The third-order valence-corrected chi connectivity index (χ3v) is 10.2. The molecule has 0 unspecified atom stereocenters. The second-order valence-corrected chi connectivity index (χ2v) is 13.7. The van der Waals surface area contributed by atoms with Crippen LogP contribution < -0.4 is 0 Å². The summed E-state index contributed by atoms with van der Waals surface area (Å²) in [5.41, 5.74) is 9.87. The van der Waals surface area contributed by atoms with Crippen molar-refractivity contribution in [1.29, 1.82) is 0 Å². The lowest BCUT2D eigenvalue weighted by Gasteiger charge is -2.10. The Morgan fingerprint density at radius 3 is 1.14 bits per heavy atom. The van der Waals surface area contributed by atoms with Crippen LogP contribution in [0, 0.1) is 0 Å². The van der Waals surface area contributed by atoms with Crippen molar-refractivity contribution in [2.45, 2.75) is 0 Å². The number of nitrogens with zero attached hydrogens (tertiary/aromatic N) is 5. The van der Waals surface area contributed by atoms with Gasteiger partial charge in [0, 0.05) is 49.4 Å². The molecule has 0 aliphatic heterocycles. The Hall–Kier alpha value is -7.91. The molecule has 0 amide bonds. The molecule has 12 rings (SSSR count). The minimum atomic E-state index is 0.453. The molecule has 5 aromatic heterocycles. The van der Waals surface area contributed by atoms with Crippen LogP contribution in [0.4, 0.5) is 0 Å². The van der Waals surface area contributed by atoms with E-state index in [2.05, 4.69) is 24.3 Å². The van der Waals surface area contributed by atoms with Crippen molar-refractivity contribution in [2.24, 2.45) is 0 Å². The van der Waals surface area contributed by atoms with Gasteiger partial charge in [-0.3, -0.25) is 0 Å². The lowest BCUT2D eigenvalue weighted by molar-refractivity contribution is 0.617. The summed E-state index contributed by atoms with van der Waals surface area (Å²) in [4.78, 5) is 25.1. The van der Waals surface area contributed by atoms with Gasteiger partial charge in [-0.1, -0.05) is 60.7 Å². The summed E-state index contributed by atoms with van der Waals surface area (Å²) < 4.78 is 24.9. The predicted molar refractivity (Wildman–Crippen MR) is 217 cm³/mol. The summed E-state index contributed by atoms with van der Waals surface area (Å²) in [5, 5.41) is 3.99. The Morgan fingerprint density at radius 2 is 0.661 bits per heavy atom. The monoisotopic (exact) mass is 723 g/mol. The molecule has 12 aromatic rings. The van der Waals surface area contributed by atoms with E-state index in [-0.39, 0.29) is 0 Å². The molecule has 0 atom stereocenters. The van der Waals surface area contributed by atoms with Crippen LogP contribution in [-0.4, -0.2) is 24.9 Å². The van der Waals surface area contributed by atoms with Gasteiger partial charge in [0.25, 0.3) is 0 Å². The first-order valence-corrected chi connectivity index (χ1v) is 18.1. The minimum Gasteiger partial charge on any atom is -0.456 e. The molecule has 0 saturated heterocycles. The standard InChI is InChI=1S/C47H25N5O4/c1-5-13-37-31(9-1)33-24-26(17-19-39(33)53-37)43-50-44(27-18-20-40-34(25-27)32-10-2-6-14-38(32)54-40)52-45(51-43)28-21-29(46-48-35-11-3-7-15-41(35)55-46)23-30(22-28)47-49-36-12-4-8-16-42(36)56-47/h1-25H. The second-order valence-electron chi connectivity index (χ2n) is 13.7. The van der Waals surface area contributed by atoms with E-state index in [9.17, 15) is 0 Å². The highest BCUT2D eigenvalue weighted by molar-refractivity contribution is 6.07. The fourth-order valence-electron chi connectivity index (χ4n) is 7.49. The number of oxazole rings is 2. The Morgan fingerprint density at radius 1 is 0.268 bits per heavy atom. The van der Waals surface area contributed by atoms with E-state index < -0.39 is 0 Å². The van der Waals surface area contributed by atoms with Crippen LogP contribution in [-0.2, 0) is 0 Å². The van der Waals surface area contributed by atoms with Crippen LogP contribution >= 0.6 is 0 Å². The molecular weight excluding hydrogens is 699 g/mol. The Kier molecular flexibility index (Phi) is 6.43. The largest absolute Gasteiger partial charge is 0.456 e. The van der Waals surface area contributed by atoms with Gasteiger partial charge in [-0.25, -0.2) is 24.9 Å². The molecule has 9 heteroatoms. The number of rotatable bonds is 5. The van der Waals surface area contributed by atoms with E-state index >= 15 is 0 Å². The summed E-state index contributed by atoms with van der Waals surface area (Å²) in [6, 6.07) is 49.5. The van der Waals surface area contributed by atoms with Gasteiger partial charge in [-0.05, 0) is 91.0 Å². The highest BCUT2D eigenvalue weighted by Gasteiger charge is 2.20. The molecule has 5 heterocycles. The van der Waals surface area contributed by atoms with Gasteiger partial charge in [0.2, 0.25) is 11.8 Å². The summed E-state index contributed by atoms with van der Waals surface area (Å²) >= 11 is 0. The molecule has 9 nitrogen and oxygen atoms in total. The predicted octanol–water partition coefficient (Wildman–Crippen LogP) is 12.3. The van der Waals surface area contributed by atoms with E-state index in [4.69, 9.17) is 42.6 Å². The minimum absolute atomic E-state index is 0.453. The maximum Gasteiger partial charge on any atom is 0.227 e. The number of benzene rings is 7. The van der Waals surface area contributed by atoms with Crippen molar-refractivity contribution in [3.05, 3.63) is 152 Å². The molecule has 0 radical (unpaired) electrons. The van der Waals surface area contributed by atoms with Crippen LogP contribution in [0.5, 0.6) is 0 Å². The zero-order valence-electron chi connectivity index (χ0n) is 29.3. The molecule has 0 bridgehead atoms. The Labute approximate surface area is 316 Å². The Balaban J connectivity index is 1.10. The average Bonchev–Trinajstić information content (AvgIpc) is 4.05. The Bertz CT molecular complexity index is 3230. The molecule has 0 spiro atoms.